The van der Waals surface area contributed by atoms with E-state index in [2.05, 4.69) is 64.4 Å². The molecule has 0 saturated carbocycles. The van der Waals surface area contributed by atoms with Crippen molar-refractivity contribution in [3.63, 3.8) is 0 Å². The second-order valence-electron chi connectivity index (χ2n) is 11.9. The Balaban J connectivity index is 1.22. The van der Waals surface area contributed by atoms with E-state index in [1.54, 1.807) is 50.2 Å². The summed E-state index contributed by atoms with van der Waals surface area (Å²) in [6.07, 6.45) is 0.215. The lowest BCUT2D eigenvalue weighted by atomic mass is 10.0. The maximum atomic E-state index is 12.6. The van der Waals surface area contributed by atoms with Crippen LogP contribution in [-0.4, -0.2) is 33.7 Å². The van der Waals surface area contributed by atoms with Crippen molar-refractivity contribution >= 4 is 50.3 Å². The minimum Gasteiger partial charge on any atom is -0.497 e. The van der Waals surface area contributed by atoms with Crippen LogP contribution >= 0.6 is 11.8 Å². The van der Waals surface area contributed by atoms with Crippen LogP contribution in [0, 0.1) is 0 Å². The van der Waals surface area contributed by atoms with Crippen LogP contribution in [0.15, 0.2) is 155 Å². The third kappa shape index (κ3) is 6.93. The molecule has 0 aromatic heterocycles. The highest BCUT2D eigenvalue weighted by atomic mass is 32.2. The van der Waals surface area contributed by atoms with Crippen molar-refractivity contribution in [3.8, 4) is 22.6 Å². The fraction of sp³-hybridized carbons (Fsp3) is 0.122. The molecule has 0 bridgehead atoms. The predicted octanol–water partition coefficient (Wildman–Crippen LogP) is 10.5. The smallest absolute Gasteiger partial charge is 0.272 e. The average molecular weight is 701 g/mol. The van der Waals surface area contributed by atoms with Crippen LogP contribution in [0.2, 0.25) is 0 Å². The highest BCUT2D eigenvalue weighted by Crippen LogP contribution is 2.49. The zero-order chi connectivity index (χ0) is 34.7. The van der Waals surface area contributed by atoms with Crippen molar-refractivity contribution < 1.29 is 22.4 Å². The predicted molar refractivity (Wildman–Crippen MR) is 203 cm³/mol. The molecule has 9 heteroatoms. The lowest BCUT2D eigenvalue weighted by molar-refractivity contribution is 0.415. The van der Waals surface area contributed by atoms with E-state index in [1.807, 2.05) is 66.7 Å². The minimum atomic E-state index is -4.33. The summed E-state index contributed by atoms with van der Waals surface area (Å²) in [6, 6.07) is 47.9. The molecule has 252 valence electrons. The maximum Gasteiger partial charge on any atom is 0.272 e. The molecule has 1 heterocycles. The van der Waals surface area contributed by atoms with Gasteiger partial charge in [-0.15, -0.1) is 0 Å². The fourth-order valence-corrected chi connectivity index (χ4v) is 8.34. The molecular formula is C41H36N2O5S2. The van der Waals surface area contributed by atoms with E-state index in [9.17, 15) is 13.0 Å². The van der Waals surface area contributed by atoms with E-state index in [0.29, 0.717) is 12.1 Å². The van der Waals surface area contributed by atoms with Gasteiger partial charge in [-0.25, -0.2) is 0 Å². The van der Waals surface area contributed by atoms with Crippen molar-refractivity contribution in [1.29, 1.82) is 0 Å². The zero-order valence-corrected chi connectivity index (χ0v) is 29.3. The fourth-order valence-electron chi connectivity index (χ4n) is 6.36. The number of ether oxygens (including phenoxy) is 2. The normalized spacial score (nSPS) is 12.8. The lowest BCUT2D eigenvalue weighted by Gasteiger charge is -2.34. The number of rotatable bonds is 11. The first-order valence-corrected chi connectivity index (χ1v) is 18.5. The molecule has 0 fully saturated rings. The first-order valence-electron chi connectivity index (χ1n) is 16.2. The molecular weight excluding hydrogens is 665 g/mol. The Morgan fingerprint density at radius 1 is 0.640 bits per heavy atom. The van der Waals surface area contributed by atoms with Crippen LogP contribution < -0.4 is 19.3 Å². The largest absolute Gasteiger partial charge is 0.497 e. The van der Waals surface area contributed by atoms with Gasteiger partial charge >= 0.3 is 0 Å². The van der Waals surface area contributed by atoms with Gasteiger partial charge in [-0.05, 0) is 108 Å². The third-order valence-electron chi connectivity index (χ3n) is 8.89. The van der Waals surface area contributed by atoms with Gasteiger partial charge in [0.2, 0.25) is 0 Å². The van der Waals surface area contributed by atoms with Gasteiger partial charge in [0.25, 0.3) is 10.1 Å². The number of hydrogen-bond donors (Lipinski definition) is 1. The van der Waals surface area contributed by atoms with Crippen LogP contribution in [0.25, 0.3) is 11.1 Å². The molecule has 7 nitrogen and oxygen atoms in total. The standard InChI is InChI=1S/C41H36N2O5S2/c1-47-35-21-17-33(18-22-35)43(34-19-23-36(48-2)24-20-34)32-15-12-29(13-16-32)31-14-25-40-38(28-31)42(37-10-6-7-11-39(37)49-40)27-26-41(50(44,45)46)30-8-4-3-5-9-30/h3-25,28,41H,26-27H2,1-2H3,(H,44,45,46). The van der Waals surface area contributed by atoms with Gasteiger partial charge < -0.3 is 19.3 Å². The number of nitrogens with zero attached hydrogens (tertiary/aromatic N) is 2. The summed E-state index contributed by atoms with van der Waals surface area (Å²) < 4.78 is 46.2. The SMILES string of the molecule is COc1ccc(N(c2ccc(OC)cc2)c2ccc(-c3ccc4c(c3)N(CCC(c3ccccc3)S(=O)(=O)O)c3ccccc3S4)cc2)cc1. The second kappa shape index (κ2) is 14.3. The van der Waals surface area contributed by atoms with E-state index >= 15 is 0 Å². The molecule has 7 rings (SSSR count). The molecule has 1 aliphatic heterocycles. The number of fused-ring (bicyclic) bond motifs is 2. The van der Waals surface area contributed by atoms with Gasteiger partial charge in [0, 0.05) is 33.4 Å². The molecule has 1 aliphatic rings. The van der Waals surface area contributed by atoms with Crippen LogP contribution in [0.4, 0.5) is 28.4 Å². The van der Waals surface area contributed by atoms with Gasteiger partial charge in [-0.1, -0.05) is 72.4 Å². The summed E-state index contributed by atoms with van der Waals surface area (Å²) in [7, 11) is -1.01. The molecule has 0 amide bonds. The van der Waals surface area contributed by atoms with Crippen LogP contribution in [-0.2, 0) is 10.1 Å². The monoisotopic (exact) mass is 700 g/mol. The molecule has 0 radical (unpaired) electrons. The molecule has 6 aromatic carbocycles. The van der Waals surface area contributed by atoms with Crippen molar-refractivity contribution in [1.82, 2.24) is 0 Å². The first-order chi connectivity index (χ1) is 24.3. The number of anilines is 5. The maximum absolute atomic E-state index is 12.6. The van der Waals surface area contributed by atoms with Crippen LogP contribution in [0.5, 0.6) is 11.5 Å². The number of hydrogen-bond acceptors (Lipinski definition) is 7. The molecule has 1 atom stereocenters. The highest BCUT2D eigenvalue weighted by molar-refractivity contribution is 7.99. The molecule has 0 aliphatic carbocycles. The Kier molecular flexibility index (Phi) is 9.54. The van der Waals surface area contributed by atoms with Gasteiger partial charge in [-0.2, -0.15) is 8.42 Å². The minimum absolute atomic E-state index is 0.215. The summed E-state index contributed by atoms with van der Waals surface area (Å²) in [6.45, 7) is 0.394. The second-order valence-corrected chi connectivity index (χ2v) is 14.6. The summed E-state index contributed by atoms with van der Waals surface area (Å²) >= 11 is 1.70. The first kappa shape index (κ1) is 33.3. The number of para-hydroxylation sites is 1. The molecule has 0 saturated heterocycles. The molecule has 50 heavy (non-hydrogen) atoms. The summed E-state index contributed by atoms with van der Waals surface area (Å²) in [5, 5.41) is -1.04. The molecule has 1 N–H and O–H groups in total. The van der Waals surface area contributed by atoms with Crippen molar-refractivity contribution in [3.05, 3.63) is 151 Å². The Morgan fingerprint density at radius 3 is 1.74 bits per heavy atom. The average Bonchev–Trinajstić information content (AvgIpc) is 3.15. The third-order valence-corrected chi connectivity index (χ3v) is 11.2. The van der Waals surface area contributed by atoms with E-state index in [4.69, 9.17) is 9.47 Å². The van der Waals surface area contributed by atoms with E-state index < -0.39 is 15.4 Å². The number of benzene rings is 6. The Hall–Kier alpha value is -5.22. The van der Waals surface area contributed by atoms with Crippen molar-refractivity contribution in [2.24, 2.45) is 0 Å². The van der Waals surface area contributed by atoms with Crippen molar-refractivity contribution in [2.45, 2.75) is 21.5 Å². The van der Waals surface area contributed by atoms with Gasteiger partial charge in [0.15, 0.2) is 0 Å². The Morgan fingerprint density at radius 2 is 1.16 bits per heavy atom. The molecule has 1 unspecified atom stereocenters. The summed E-state index contributed by atoms with van der Waals surface area (Å²) in [4.78, 5) is 6.54. The van der Waals surface area contributed by atoms with Crippen molar-refractivity contribution in [2.75, 3.05) is 30.6 Å². The highest BCUT2D eigenvalue weighted by Gasteiger charge is 2.29. The van der Waals surface area contributed by atoms with E-state index in [1.165, 1.54) is 0 Å². The van der Waals surface area contributed by atoms with Gasteiger partial charge in [0.05, 0.1) is 25.6 Å². The van der Waals surface area contributed by atoms with Gasteiger partial charge in [-0.3, -0.25) is 4.55 Å². The summed E-state index contributed by atoms with van der Waals surface area (Å²) in [5.41, 5.74) is 7.63. The van der Waals surface area contributed by atoms with Crippen LogP contribution in [0.1, 0.15) is 17.2 Å². The quantitative estimate of drug-likeness (QED) is 0.134. The van der Waals surface area contributed by atoms with E-state index in [-0.39, 0.29) is 6.42 Å². The van der Waals surface area contributed by atoms with E-state index in [0.717, 1.165) is 60.9 Å². The van der Waals surface area contributed by atoms with Crippen LogP contribution in [0.3, 0.4) is 0 Å². The summed E-state index contributed by atoms with van der Waals surface area (Å²) in [5.74, 6) is 1.57. The topological polar surface area (TPSA) is 79.3 Å². The zero-order valence-electron chi connectivity index (χ0n) is 27.6. The van der Waals surface area contributed by atoms with Gasteiger partial charge in [0.1, 0.15) is 16.7 Å². The molecule has 0 spiro atoms. The number of methoxy groups -OCH3 is 2. The Bertz CT molecular complexity index is 2140. The lowest BCUT2D eigenvalue weighted by Crippen LogP contribution is -2.25. The molecule has 6 aromatic rings. The Labute approximate surface area is 297 Å².